The molecule has 37 heavy (non-hydrogen) atoms. The zero-order valence-electron chi connectivity index (χ0n) is 20.6. The molecule has 192 valence electrons. The highest BCUT2D eigenvalue weighted by molar-refractivity contribution is 6.13. The van der Waals surface area contributed by atoms with Crippen LogP contribution >= 0.6 is 0 Å². The summed E-state index contributed by atoms with van der Waals surface area (Å²) < 4.78 is 44.8. The molecule has 0 radical (unpaired) electrons. The van der Waals surface area contributed by atoms with Crippen LogP contribution in [0, 0.1) is 6.92 Å². The summed E-state index contributed by atoms with van der Waals surface area (Å²) in [5.41, 5.74) is 3.34. The van der Waals surface area contributed by atoms with Gasteiger partial charge in [0.1, 0.15) is 11.6 Å². The van der Waals surface area contributed by atoms with Crippen molar-refractivity contribution in [2.24, 2.45) is 7.05 Å². The van der Waals surface area contributed by atoms with Crippen LogP contribution in [0.2, 0.25) is 0 Å². The number of benzene rings is 2. The fraction of sp³-hybridized carbons (Fsp3) is 0.286. The quantitative estimate of drug-likeness (QED) is 0.350. The molecule has 5 rings (SSSR count). The monoisotopic (exact) mass is 508 g/mol. The van der Waals surface area contributed by atoms with E-state index in [1.54, 1.807) is 12.3 Å². The van der Waals surface area contributed by atoms with Crippen LogP contribution in [0.5, 0.6) is 5.75 Å². The van der Waals surface area contributed by atoms with Crippen LogP contribution in [-0.4, -0.2) is 52.9 Å². The molecule has 1 amide bonds. The predicted molar refractivity (Wildman–Crippen MR) is 137 cm³/mol. The van der Waals surface area contributed by atoms with Crippen LogP contribution in [0.3, 0.4) is 0 Å². The number of alkyl halides is 3. The normalized spacial score (nSPS) is 14.6. The molecule has 0 atom stereocenters. The summed E-state index contributed by atoms with van der Waals surface area (Å²) >= 11 is 0. The second-order valence-electron chi connectivity index (χ2n) is 9.20. The van der Waals surface area contributed by atoms with Gasteiger partial charge in [0.15, 0.2) is 0 Å². The van der Waals surface area contributed by atoms with Crippen molar-refractivity contribution in [2.45, 2.75) is 19.7 Å². The van der Waals surface area contributed by atoms with Gasteiger partial charge >= 0.3 is 6.36 Å². The number of nitrogens with zero attached hydrogens (tertiary/aromatic N) is 4. The number of ether oxygens (including phenoxy) is 1. The van der Waals surface area contributed by atoms with Crippen LogP contribution in [0.15, 0.2) is 66.9 Å². The highest BCUT2D eigenvalue weighted by Crippen LogP contribution is 2.37. The van der Waals surface area contributed by atoms with Crippen LogP contribution < -0.4 is 9.64 Å². The molecule has 2 aromatic carbocycles. The third-order valence-electron chi connectivity index (χ3n) is 6.67. The smallest absolute Gasteiger partial charge is 0.406 e. The molecule has 0 spiro atoms. The lowest BCUT2D eigenvalue weighted by atomic mass is 10.0. The van der Waals surface area contributed by atoms with E-state index in [0.29, 0.717) is 36.5 Å². The SMILES string of the molecule is Cc1ccc2c(c1)c(C(=O)N1CCCN(c3ccccn3)CC1)c(-c1cccc(OC(F)(F)F)c1)n2C. The Bertz CT molecular complexity index is 1430. The van der Waals surface area contributed by atoms with Gasteiger partial charge < -0.3 is 19.1 Å². The number of aromatic nitrogens is 2. The molecule has 0 bridgehead atoms. The summed E-state index contributed by atoms with van der Waals surface area (Å²) in [5, 5.41) is 0.774. The molecule has 1 fully saturated rings. The maximum atomic E-state index is 14.1. The number of rotatable bonds is 4. The highest BCUT2D eigenvalue weighted by Gasteiger charge is 2.32. The number of halogens is 3. The summed E-state index contributed by atoms with van der Waals surface area (Å²) in [4.78, 5) is 22.5. The molecule has 0 N–H and O–H groups in total. The van der Waals surface area contributed by atoms with Crippen LogP contribution in [0.1, 0.15) is 22.3 Å². The Labute approximate surface area is 212 Å². The molecule has 1 aliphatic rings. The first kappa shape index (κ1) is 24.7. The molecule has 4 aromatic rings. The Morgan fingerprint density at radius 3 is 2.57 bits per heavy atom. The van der Waals surface area contributed by atoms with Gasteiger partial charge in [-0.3, -0.25) is 4.79 Å². The molecule has 1 saturated heterocycles. The average Bonchev–Trinajstić information content (AvgIpc) is 3.00. The van der Waals surface area contributed by atoms with E-state index in [4.69, 9.17) is 0 Å². The van der Waals surface area contributed by atoms with E-state index in [-0.39, 0.29) is 11.7 Å². The number of carbonyl (C=O) groups is 1. The van der Waals surface area contributed by atoms with Crippen LogP contribution in [0.4, 0.5) is 19.0 Å². The Morgan fingerprint density at radius 2 is 1.81 bits per heavy atom. The van der Waals surface area contributed by atoms with E-state index in [9.17, 15) is 18.0 Å². The molecular formula is C28H27F3N4O2. The Hall–Kier alpha value is -4.01. The number of pyridine rings is 1. The summed E-state index contributed by atoms with van der Waals surface area (Å²) in [6.45, 7) is 4.44. The number of carbonyl (C=O) groups excluding carboxylic acids is 1. The van der Waals surface area contributed by atoms with Gasteiger partial charge in [-0.15, -0.1) is 13.2 Å². The largest absolute Gasteiger partial charge is 0.573 e. The van der Waals surface area contributed by atoms with E-state index >= 15 is 0 Å². The Balaban J connectivity index is 1.55. The van der Waals surface area contributed by atoms with E-state index < -0.39 is 6.36 Å². The van der Waals surface area contributed by atoms with Crippen molar-refractivity contribution in [1.29, 1.82) is 0 Å². The molecule has 3 heterocycles. The summed E-state index contributed by atoms with van der Waals surface area (Å²) in [6, 6.07) is 17.4. The molecular weight excluding hydrogens is 481 g/mol. The van der Waals surface area contributed by atoms with Crippen molar-refractivity contribution >= 4 is 22.6 Å². The number of anilines is 1. The van der Waals surface area contributed by atoms with Crippen LogP contribution in [-0.2, 0) is 7.05 Å². The lowest BCUT2D eigenvalue weighted by Crippen LogP contribution is -2.35. The maximum Gasteiger partial charge on any atom is 0.573 e. The third-order valence-corrected chi connectivity index (χ3v) is 6.67. The van der Waals surface area contributed by atoms with Crippen molar-refractivity contribution in [3.05, 3.63) is 78.0 Å². The number of aryl methyl sites for hydroxylation is 2. The second kappa shape index (κ2) is 9.80. The topological polar surface area (TPSA) is 50.6 Å². The van der Waals surface area contributed by atoms with Crippen molar-refractivity contribution in [2.75, 3.05) is 31.1 Å². The van der Waals surface area contributed by atoms with E-state index in [1.807, 2.05) is 59.8 Å². The minimum atomic E-state index is -4.81. The van der Waals surface area contributed by atoms with Crippen molar-refractivity contribution < 1.29 is 22.7 Å². The van der Waals surface area contributed by atoms with Crippen molar-refractivity contribution in [1.82, 2.24) is 14.5 Å². The van der Waals surface area contributed by atoms with Crippen molar-refractivity contribution in [3.8, 4) is 17.0 Å². The molecule has 9 heteroatoms. The molecule has 0 aliphatic carbocycles. The van der Waals surface area contributed by atoms with Crippen molar-refractivity contribution in [3.63, 3.8) is 0 Å². The third kappa shape index (κ3) is 5.12. The molecule has 2 aromatic heterocycles. The van der Waals surface area contributed by atoms with E-state index in [1.165, 1.54) is 18.2 Å². The van der Waals surface area contributed by atoms with Gasteiger partial charge in [-0.25, -0.2) is 4.98 Å². The molecule has 6 nitrogen and oxygen atoms in total. The van der Waals surface area contributed by atoms with Gasteiger partial charge in [-0.2, -0.15) is 0 Å². The molecule has 0 saturated carbocycles. The number of amides is 1. The first-order chi connectivity index (χ1) is 17.7. The van der Waals surface area contributed by atoms with Gasteiger partial charge in [-0.05, 0) is 49.7 Å². The van der Waals surface area contributed by atoms with E-state index in [0.717, 1.165) is 35.2 Å². The van der Waals surface area contributed by atoms with Gasteiger partial charge in [0, 0.05) is 55.9 Å². The molecule has 0 unspecified atom stereocenters. The van der Waals surface area contributed by atoms with Gasteiger partial charge in [0.25, 0.3) is 5.91 Å². The standard InChI is InChI=1S/C28H27F3N4O2/c1-19-10-11-23-22(17-19)25(26(33(23)2)20-7-5-8-21(18-20)37-28(29,30)31)27(36)35-14-6-13-34(15-16-35)24-9-3-4-12-32-24/h3-5,7-12,17-18H,6,13-16H2,1-2H3. The first-order valence-corrected chi connectivity index (χ1v) is 12.1. The minimum absolute atomic E-state index is 0.142. The zero-order valence-corrected chi connectivity index (χ0v) is 20.6. The summed E-state index contributed by atoms with van der Waals surface area (Å²) in [6.07, 6.45) is -2.28. The number of hydrogen-bond donors (Lipinski definition) is 0. The van der Waals surface area contributed by atoms with Gasteiger partial charge in [-0.1, -0.05) is 29.8 Å². The number of fused-ring (bicyclic) bond motifs is 1. The summed E-state index contributed by atoms with van der Waals surface area (Å²) in [5.74, 6) is 0.404. The zero-order chi connectivity index (χ0) is 26.2. The lowest BCUT2D eigenvalue weighted by Gasteiger charge is -2.23. The average molecular weight is 509 g/mol. The lowest BCUT2D eigenvalue weighted by molar-refractivity contribution is -0.274. The fourth-order valence-corrected chi connectivity index (χ4v) is 5.00. The van der Waals surface area contributed by atoms with Gasteiger partial charge in [0.05, 0.1) is 11.3 Å². The maximum absolute atomic E-state index is 14.1. The predicted octanol–water partition coefficient (Wildman–Crippen LogP) is 5.80. The Morgan fingerprint density at radius 1 is 0.973 bits per heavy atom. The Kier molecular flexibility index (Phi) is 6.54. The highest BCUT2D eigenvalue weighted by atomic mass is 19.4. The number of hydrogen-bond acceptors (Lipinski definition) is 4. The van der Waals surface area contributed by atoms with Crippen LogP contribution in [0.25, 0.3) is 22.2 Å². The van der Waals surface area contributed by atoms with E-state index in [2.05, 4.69) is 14.6 Å². The molecule has 1 aliphatic heterocycles. The first-order valence-electron chi connectivity index (χ1n) is 12.1. The fourth-order valence-electron chi connectivity index (χ4n) is 5.00. The second-order valence-corrected chi connectivity index (χ2v) is 9.20. The summed E-state index contributed by atoms with van der Waals surface area (Å²) in [7, 11) is 1.83. The van der Waals surface area contributed by atoms with Gasteiger partial charge in [0.2, 0.25) is 0 Å². The minimum Gasteiger partial charge on any atom is -0.406 e.